The molecule has 0 N–H and O–H groups in total. The molecule has 0 spiro atoms. The molecule has 1 saturated heterocycles. The van der Waals surface area contributed by atoms with Crippen molar-refractivity contribution in [2.75, 3.05) is 0 Å². The Labute approximate surface area is 132 Å². The van der Waals surface area contributed by atoms with E-state index in [9.17, 15) is 0 Å². The first-order chi connectivity index (χ1) is 10.3. The summed E-state index contributed by atoms with van der Waals surface area (Å²) in [5.41, 5.74) is 3.39. The monoisotopic (exact) mass is 295 g/mol. The Hall–Kier alpha value is -1.65. The standard InChI is InChI=1S/C18H22BNO2/c1-13-8-6-9-14(12-13)15-10-7-11-16(20-15)19-21-17(2,3)18(4,5)22-19/h6-12H,1-5H3. The fourth-order valence-corrected chi connectivity index (χ4v) is 2.51. The first kappa shape index (κ1) is 15.3. The topological polar surface area (TPSA) is 31.4 Å². The van der Waals surface area contributed by atoms with Crippen LogP contribution in [0.3, 0.4) is 0 Å². The van der Waals surface area contributed by atoms with Gasteiger partial charge in [-0.2, -0.15) is 0 Å². The van der Waals surface area contributed by atoms with Gasteiger partial charge < -0.3 is 9.31 Å². The van der Waals surface area contributed by atoms with E-state index in [0.717, 1.165) is 16.9 Å². The third-order valence-electron chi connectivity index (χ3n) is 4.58. The molecule has 1 aliphatic rings. The van der Waals surface area contributed by atoms with Crippen LogP contribution in [-0.4, -0.2) is 23.3 Å². The summed E-state index contributed by atoms with van der Waals surface area (Å²) in [6, 6.07) is 14.3. The second-order valence-corrected chi connectivity index (χ2v) is 6.91. The summed E-state index contributed by atoms with van der Waals surface area (Å²) >= 11 is 0. The van der Waals surface area contributed by atoms with Gasteiger partial charge >= 0.3 is 7.12 Å². The smallest absolute Gasteiger partial charge is 0.398 e. The molecule has 0 bridgehead atoms. The maximum atomic E-state index is 6.08. The molecule has 3 nitrogen and oxygen atoms in total. The molecule has 1 fully saturated rings. The molecule has 1 aliphatic heterocycles. The van der Waals surface area contributed by atoms with E-state index < -0.39 is 7.12 Å². The highest BCUT2D eigenvalue weighted by Crippen LogP contribution is 2.36. The minimum absolute atomic E-state index is 0.349. The molecule has 0 amide bonds. The van der Waals surface area contributed by atoms with Crippen molar-refractivity contribution in [3.8, 4) is 11.3 Å². The minimum atomic E-state index is -0.422. The zero-order valence-electron chi connectivity index (χ0n) is 13.9. The minimum Gasteiger partial charge on any atom is -0.398 e. The van der Waals surface area contributed by atoms with Crippen molar-refractivity contribution in [2.45, 2.75) is 45.8 Å². The summed E-state index contributed by atoms with van der Waals surface area (Å²) in [7, 11) is -0.422. The molecule has 1 aromatic carbocycles. The number of pyridine rings is 1. The molecule has 0 aliphatic carbocycles. The van der Waals surface area contributed by atoms with Crippen LogP contribution in [0.5, 0.6) is 0 Å². The average molecular weight is 295 g/mol. The summed E-state index contributed by atoms with van der Waals surface area (Å²) < 4.78 is 12.2. The highest BCUT2D eigenvalue weighted by molar-refractivity contribution is 6.61. The lowest BCUT2D eigenvalue weighted by molar-refractivity contribution is 0.00578. The second kappa shape index (κ2) is 5.22. The molecule has 0 saturated carbocycles. The number of hydrogen-bond acceptors (Lipinski definition) is 3. The van der Waals surface area contributed by atoms with Crippen LogP contribution in [0.15, 0.2) is 42.5 Å². The zero-order valence-corrected chi connectivity index (χ0v) is 13.9. The maximum Gasteiger partial charge on any atom is 0.514 e. The number of hydrogen-bond donors (Lipinski definition) is 0. The van der Waals surface area contributed by atoms with Crippen molar-refractivity contribution >= 4 is 12.7 Å². The van der Waals surface area contributed by atoms with E-state index in [-0.39, 0.29) is 11.2 Å². The third kappa shape index (κ3) is 2.69. The fourth-order valence-electron chi connectivity index (χ4n) is 2.51. The van der Waals surface area contributed by atoms with E-state index in [1.54, 1.807) is 0 Å². The quantitative estimate of drug-likeness (QED) is 0.796. The summed E-state index contributed by atoms with van der Waals surface area (Å²) in [4.78, 5) is 4.75. The Kier molecular flexibility index (Phi) is 3.62. The summed E-state index contributed by atoms with van der Waals surface area (Å²) in [6.07, 6.45) is 0. The largest absolute Gasteiger partial charge is 0.514 e. The van der Waals surface area contributed by atoms with Crippen LogP contribution in [0.25, 0.3) is 11.3 Å². The van der Waals surface area contributed by atoms with E-state index in [2.05, 4.69) is 52.8 Å². The Bertz CT molecular complexity index is 681. The molecule has 114 valence electrons. The van der Waals surface area contributed by atoms with Crippen LogP contribution in [0, 0.1) is 6.92 Å². The molecular weight excluding hydrogens is 273 g/mol. The SMILES string of the molecule is Cc1cccc(-c2cccc(B3OC(C)(C)C(C)(C)O3)n2)c1. The average Bonchev–Trinajstić information content (AvgIpc) is 2.68. The molecular formula is C18H22BNO2. The molecule has 2 heterocycles. The molecule has 0 unspecified atom stereocenters. The molecule has 0 atom stereocenters. The highest BCUT2D eigenvalue weighted by Gasteiger charge is 2.52. The van der Waals surface area contributed by atoms with E-state index in [0.29, 0.717) is 0 Å². The van der Waals surface area contributed by atoms with Crippen molar-refractivity contribution in [2.24, 2.45) is 0 Å². The van der Waals surface area contributed by atoms with Crippen LogP contribution in [-0.2, 0) is 9.31 Å². The number of benzene rings is 1. The number of aryl methyl sites for hydroxylation is 1. The van der Waals surface area contributed by atoms with Gasteiger partial charge in [0, 0.05) is 5.56 Å². The normalized spacial score (nSPS) is 19.4. The van der Waals surface area contributed by atoms with Crippen LogP contribution in [0.2, 0.25) is 0 Å². The lowest BCUT2D eigenvalue weighted by atomic mass is 9.84. The van der Waals surface area contributed by atoms with Crippen LogP contribution in [0.4, 0.5) is 0 Å². The van der Waals surface area contributed by atoms with Gasteiger partial charge in [-0.05, 0) is 52.8 Å². The Morgan fingerprint density at radius 1 is 0.909 bits per heavy atom. The summed E-state index contributed by atoms with van der Waals surface area (Å²) in [5, 5.41) is 0. The van der Waals surface area contributed by atoms with Crippen molar-refractivity contribution in [3.63, 3.8) is 0 Å². The van der Waals surface area contributed by atoms with Crippen molar-refractivity contribution in [1.29, 1.82) is 0 Å². The zero-order chi connectivity index (χ0) is 16.0. The van der Waals surface area contributed by atoms with Crippen LogP contribution < -0.4 is 5.59 Å². The van der Waals surface area contributed by atoms with Gasteiger partial charge in [0.25, 0.3) is 0 Å². The summed E-state index contributed by atoms with van der Waals surface area (Å²) in [5.74, 6) is 0. The number of aromatic nitrogens is 1. The Morgan fingerprint density at radius 2 is 1.55 bits per heavy atom. The number of rotatable bonds is 2. The predicted octanol–water partition coefficient (Wildman–Crippen LogP) is 3.36. The highest BCUT2D eigenvalue weighted by atomic mass is 16.7. The van der Waals surface area contributed by atoms with Gasteiger partial charge in [0.1, 0.15) is 0 Å². The van der Waals surface area contributed by atoms with E-state index in [1.807, 2.05) is 24.3 Å². The maximum absolute atomic E-state index is 6.08. The van der Waals surface area contributed by atoms with Gasteiger partial charge in [0.15, 0.2) is 0 Å². The van der Waals surface area contributed by atoms with Crippen molar-refractivity contribution < 1.29 is 9.31 Å². The van der Waals surface area contributed by atoms with Crippen LogP contribution in [0.1, 0.15) is 33.3 Å². The Morgan fingerprint density at radius 3 is 2.18 bits per heavy atom. The predicted molar refractivity (Wildman–Crippen MR) is 90.1 cm³/mol. The molecule has 3 rings (SSSR count). The molecule has 1 aromatic heterocycles. The second-order valence-electron chi connectivity index (χ2n) is 6.91. The molecule has 22 heavy (non-hydrogen) atoms. The van der Waals surface area contributed by atoms with Gasteiger partial charge in [-0.15, -0.1) is 0 Å². The lowest BCUT2D eigenvalue weighted by Crippen LogP contribution is -2.41. The third-order valence-corrected chi connectivity index (χ3v) is 4.58. The van der Waals surface area contributed by atoms with E-state index in [1.165, 1.54) is 5.56 Å². The number of nitrogens with zero attached hydrogens (tertiary/aromatic N) is 1. The van der Waals surface area contributed by atoms with E-state index in [4.69, 9.17) is 14.3 Å². The first-order valence-electron chi connectivity index (χ1n) is 7.68. The van der Waals surface area contributed by atoms with E-state index >= 15 is 0 Å². The van der Waals surface area contributed by atoms with Crippen molar-refractivity contribution in [1.82, 2.24) is 4.98 Å². The van der Waals surface area contributed by atoms with Crippen molar-refractivity contribution in [3.05, 3.63) is 48.0 Å². The van der Waals surface area contributed by atoms with Crippen LogP contribution >= 0.6 is 0 Å². The fraction of sp³-hybridized carbons (Fsp3) is 0.389. The molecule has 0 radical (unpaired) electrons. The molecule has 4 heteroatoms. The van der Waals surface area contributed by atoms with Gasteiger partial charge in [0.2, 0.25) is 0 Å². The Balaban J connectivity index is 1.93. The van der Waals surface area contributed by atoms with Gasteiger partial charge in [-0.25, -0.2) is 0 Å². The van der Waals surface area contributed by atoms with Gasteiger partial charge in [-0.3, -0.25) is 4.98 Å². The lowest BCUT2D eigenvalue weighted by Gasteiger charge is -2.32. The van der Waals surface area contributed by atoms with Gasteiger partial charge in [-0.1, -0.05) is 29.8 Å². The molecule has 2 aromatic rings. The first-order valence-corrected chi connectivity index (χ1v) is 7.68. The summed E-state index contributed by atoms with van der Waals surface area (Å²) in [6.45, 7) is 10.3. The van der Waals surface area contributed by atoms with Gasteiger partial charge in [0.05, 0.1) is 22.5 Å².